The van der Waals surface area contributed by atoms with E-state index in [1.807, 2.05) is 31.3 Å². The Hall–Kier alpha value is -1.39. The molecule has 5 heteroatoms. The van der Waals surface area contributed by atoms with Crippen LogP contribution in [0.4, 0.5) is 5.13 Å². The SMILES string of the molecule is CCCc1nc(N(C)C(C)c2cccc(Cl)c2)sc1C=O. The molecule has 112 valence electrons. The number of hydrogen-bond acceptors (Lipinski definition) is 4. The molecule has 0 N–H and O–H groups in total. The first-order chi connectivity index (χ1) is 10.1. The molecule has 0 saturated heterocycles. The first kappa shape index (κ1) is 16.0. The van der Waals surface area contributed by atoms with Gasteiger partial charge in [0, 0.05) is 12.1 Å². The Morgan fingerprint density at radius 3 is 2.86 bits per heavy atom. The van der Waals surface area contributed by atoms with Crippen molar-refractivity contribution in [3.63, 3.8) is 0 Å². The van der Waals surface area contributed by atoms with Gasteiger partial charge in [0.1, 0.15) is 0 Å². The van der Waals surface area contributed by atoms with E-state index in [1.54, 1.807) is 0 Å². The summed E-state index contributed by atoms with van der Waals surface area (Å²) in [4.78, 5) is 18.6. The van der Waals surface area contributed by atoms with Crippen molar-refractivity contribution in [3.05, 3.63) is 45.4 Å². The standard InChI is InChI=1S/C16H19ClN2OS/c1-4-6-14-15(10-20)21-16(18-14)19(3)11(2)12-7-5-8-13(17)9-12/h5,7-11H,4,6H2,1-3H3. The molecule has 1 unspecified atom stereocenters. The summed E-state index contributed by atoms with van der Waals surface area (Å²) in [6, 6.07) is 7.97. The van der Waals surface area contributed by atoms with E-state index in [0.29, 0.717) is 0 Å². The molecule has 2 rings (SSSR count). The van der Waals surface area contributed by atoms with E-state index in [4.69, 9.17) is 11.6 Å². The molecule has 3 nitrogen and oxygen atoms in total. The van der Waals surface area contributed by atoms with E-state index >= 15 is 0 Å². The van der Waals surface area contributed by atoms with Crippen LogP contribution in [0.15, 0.2) is 24.3 Å². The quantitative estimate of drug-likeness (QED) is 0.719. The highest BCUT2D eigenvalue weighted by atomic mass is 35.5. The van der Waals surface area contributed by atoms with Crippen molar-refractivity contribution in [2.45, 2.75) is 32.7 Å². The van der Waals surface area contributed by atoms with Gasteiger partial charge < -0.3 is 4.90 Å². The normalized spacial score (nSPS) is 12.2. The number of aldehydes is 1. The Morgan fingerprint density at radius 1 is 1.48 bits per heavy atom. The third-order valence-corrected chi connectivity index (χ3v) is 4.87. The fraction of sp³-hybridized carbons (Fsp3) is 0.375. The minimum Gasteiger partial charge on any atom is -0.344 e. The molecule has 0 radical (unpaired) electrons. The van der Waals surface area contributed by atoms with Crippen LogP contribution in [0.1, 0.15) is 47.2 Å². The number of nitrogens with zero attached hydrogens (tertiary/aromatic N) is 2. The highest BCUT2D eigenvalue weighted by Gasteiger charge is 2.18. The van der Waals surface area contributed by atoms with E-state index in [2.05, 4.69) is 23.7 Å². The maximum atomic E-state index is 11.2. The third-order valence-electron chi connectivity index (χ3n) is 3.52. The number of halogens is 1. The predicted octanol–water partition coefficient (Wildman–Crippen LogP) is 4.76. The molecular formula is C16H19ClN2OS. The van der Waals surface area contributed by atoms with E-state index in [0.717, 1.165) is 45.4 Å². The number of aromatic nitrogens is 1. The fourth-order valence-corrected chi connectivity index (χ4v) is 3.33. The van der Waals surface area contributed by atoms with Crippen molar-refractivity contribution in [1.82, 2.24) is 4.98 Å². The molecule has 21 heavy (non-hydrogen) atoms. The Morgan fingerprint density at radius 2 is 2.24 bits per heavy atom. The number of anilines is 1. The molecule has 0 spiro atoms. The van der Waals surface area contributed by atoms with Crippen LogP contribution in [0.5, 0.6) is 0 Å². The predicted molar refractivity (Wildman–Crippen MR) is 89.8 cm³/mol. The molecule has 1 atom stereocenters. The summed E-state index contributed by atoms with van der Waals surface area (Å²) in [5.74, 6) is 0. The molecule has 0 aliphatic rings. The zero-order chi connectivity index (χ0) is 15.4. The smallest absolute Gasteiger partial charge is 0.186 e. The van der Waals surface area contributed by atoms with Gasteiger partial charge in [-0.1, -0.05) is 48.4 Å². The van der Waals surface area contributed by atoms with Crippen molar-refractivity contribution in [2.24, 2.45) is 0 Å². The van der Waals surface area contributed by atoms with Crippen LogP contribution in [0.3, 0.4) is 0 Å². The topological polar surface area (TPSA) is 33.2 Å². The Bertz CT molecular complexity index is 626. The molecule has 0 aliphatic carbocycles. The van der Waals surface area contributed by atoms with Crippen LogP contribution in [-0.4, -0.2) is 18.3 Å². The average Bonchev–Trinajstić information content (AvgIpc) is 2.89. The lowest BCUT2D eigenvalue weighted by molar-refractivity contribution is 0.112. The molecule has 2 aromatic rings. The van der Waals surface area contributed by atoms with Crippen LogP contribution < -0.4 is 4.90 Å². The molecule has 1 aromatic heterocycles. The summed E-state index contributed by atoms with van der Waals surface area (Å²) < 4.78 is 0. The molecule has 1 aromatic carbocycles. The summed E-state index contributed by atoms with van der Waals surface area (Å²) in [7, 11) is 1.99. The van der Waals surface area contributed by atoms with Crippen LogP contribution in [-0.2, 0) is 6.42 Å². The van der Waals surface area contributed by atoms with E-state index < -0.39 is 0 Å². The van der Waals surface area contributed by atoms with Gasteiger partial charge in [0.15, 0.2) is 11.4 Å². The minimum atomic E-state index is 0.142. The number of aryl methyl sites for hydroxylation is 1. The Labute approximate surface area is 134 Å². The van der Waals surface area contributed by atoms with Gasteiger partial charge >= 0.3 is 0 Å². The Balaban J connectivity index is 2.26. The lowest BCUT2D eigenvalue weighted by Crippen LogP contribution is -2.21. The number of carbonyl (C=O) groups is 1. The summed E-state index contributed by atoms with van der Waals surface area (Å²) >= 11 is 7.50. The summed E-state index contributed by atoms with van der Waals surface area (Å²) in [6.07, 6.45) is 2.73. The number of rotatable bonds is 6. The molecule has 0 aliphatic heterocycles. The monoisotopic (exact) mass is 322 g/mol. The first-order valence-corrected chi connectivity index (χ1v) is 8.19. The van der Waals surface area contributed by atoms with Crippen molar-refractivity contribution in [1.29, 1.82) is 0 Å². The summed E-state index contributed by atoms with van der Waals surface area (Å²) in [5.41, 5.74) is 2.03. The fourth-order valence-electron chi connectivity index (χ4n) is 2.17. The van der Waals surface area contributed by atoms with Crippen molar-refractivity contribution >= 4 is 34.4 Å². The first-order valence-electron chi connectivity index (χ1n) is 7.00. The van der Waals surface area contributed by atoms with Gasteiger partial charge in [0.05, 0.1) is 16.6 Å². The maximum Gasteiger partial charge on any atom is 0.186 e. The van der Waals surface area contributed by atoms with E-state index in [-0.39, 0.29) is 6.04 Å². The minimum absolute atomic E-state index is 0.142. The molecule has 0 amide bonds. The van der Waals surface area contributed by atoms with Gasteiger partial charge in [0.2, 0.25) is 0 Å². The van der Waals surface area contributed by atoms with Crippen LogP contribution in [0, 0.1) is 0 Å². The van der Waals surface area contributed by atoms with Gasteiger partial charge in [-0.25, -0.2) is 4.98 Å². The largest absolute Gasteiger partial charge is 0.344 e. The van der Waals surface area contributed by atoms with E-state index in [1.165, 1.54) is 11.3 Å². The van der Waals surface area contributed by atoms with Crippen LogP contribution in [0.25, 0.3) is 0 Å². The van der Waals surface area contributed by atoms with Crippen molar-refractivity contribution in [2.75, 3.05) is 11.9 Å². The van der Waals surface area contributed by atoms with Crippen molar-refractivity contribution < 1.29 is 4.79 Å². The molecule has 0 bridgehead atoms. The molecule has 1 heterocycles. The zero-order valence-electron chi connectivity index (χ0n) is 12.5. The summed E-state index contributed by atoms with van der Waals surface area (Å²) in [5, 5.41) is 1.60. The molecular weight excluding hydrogens is 304 g/mol. The lowest BCUT2D eigenvalue weighted by atomic mass is 10.1. The highest BCUT2D eigenvalue weighted by molar-refractivity contribution is 7.17. The summed E-state index contributed by atoms with van der Waals surface area (Å²) in [6.45, 7) is 4.19. The van der Waals surface area contributed by atoms with Gasteiger partial charge in [-0.2, -0.15) is 0 Å². The molecule has 0 saturated carbocycles. The van der Waals surface area contributed by atoms with E-state index in [9.17, 15) is 4.79 Å². The second-order valence-corrected chi connectivity index (χ2v) is 6.46. The lowest BCUT2D eigenvalue weighted by Gasteiger charge is -2.24. The second kappa shape index (κ2) is 7.05. The third kappa shape index (κ3) is 3.63. The molecule has 0 fully saturated rings. The second-order valence-electron chi connectivity index (χ2n) is 5.02. The van der Waals surface area contributed by atoms with Crippen LogP contribution in [0.2, 0.25) is 5.02 Å². The maximum absolute atomic E-state index is 11.2. The number of hydrogen-bond donors (Lipinski definition) is 0. The number of benzene rings is 1. The van der Waals surface area contributed by atoms with Gasteiger partial charge in [-0.05, 0) is 31.0 Å². The number of thiazole rings is 1. The highest BCUT2D eigenvalue weighted by Crippen LogP contribution is 2.31. The van der Waals surface area contributed by atoms with Gasteiger partial charge in [-0.3, -0.25) is 4.79 Å². The van der Waals surface area contributed by atoms with Crippen LogP contribution >= 0.6 is 22.9 Å². The zero-order valence-corrected chi connectivity index (χ0v) is 14.0. The van der Waals surface area contributed by atoms with Crippen molar-refractivity contribution in [3.8, 4) is 0 Å². The average molecular weight is 323 g/mol. The van der Waals surface area contributed by atoms with Gasteiger partial charge in [-0.15, -0.1) is 0 Å². The number of carbonyl (C=O) groups excluding carboxylic acids is 1. The Kier molecular flexibility index (Phi) is 5.37. The van der Waals surface area contributed by atoms with Gasteiger partial charge in [0.25, 0.3) is 0 Å².